The van der Waals surface area contributed by atoms with E-state index < -0.39 is 34.5 Å². The Morgan fingerprint density at radius 2 is 1.78 bits per heavy atom. The zero-order valence-electron chi connectivity index (χ0n) is 10.5. The summed E-state index contributed by atoms with van der Waals surface area (Å²) < 4.78 is 32.5. The molecule has 7 heteroatoms. The van der Waals surface area contributed by atoms with Crippen molar-refractivity contribution in [1.82, 2.24) is 5.32 Å². The quantitative estimate of drug-likeness (QED) is 0.783. The van der Waals surface area contributed by atoms with Gasteiger partial charge in [0.05, 0.1) is 0 Å². The number of hydrogen-bond donors (Lipinski definition) is 2. The monoisotopic (exact) mass is 262 g/mol. The number of carbonyl (C=O) groups excluding carboxylic acids is 2. The molecule has 3 rings (SSSR count). The van der Waals surface area contributed by atoms with Gasteiger partial charge in [0.2, 0.25) is 5.91 Å². The number of ether oxygens (including phenoxy) is 1. The number of nitrogens with one attached hydrogen (secondary N) is 1. The van der Waals surface area contributed by atoms with Crippen molar-refractivity contribution >= 4 is 12.0 Å². The highest BCUT2D eigenvalue weighted by Gasteiger charge is 2.91. The zero-order chi connectivity index (χ0) is 14.0. The van der Waals surface area contributed by atoms with Gasteiger partial charge in [0.25, 0.3) is 5.92 Å². The lowest BCUT2D eigenvalue weighted by atomic mass is 9.36. The Kier molecular flexibility index (Phi) is 2.27. The van der Waals surface area contributed by atoms with Crippen LogP contribution < -0.4 is 11.1 Å². The predicted molar refractivity (Wildman–Crippen MR) is 57.9 cm³/mol. The first-order chi connectivity index (χ1) is 7.96. The molecule has 18 heavy (non-hydrogen) atoms. The zero-order valence-corrected chi connectivity index (χ0v) is 10.5. The molecule has 3 N–H and O–H groups in total. The second-order valence-corrected chi connectivity index (χ2v) is 6.08. The Morgan fingerprint density at radius 1 is 1.28 bits per heavy atom. The number of amides is 2. The second-order valence-electron chi connectivity index (χ2n) is 6.08. The van der Waals surface area contributed by atoms with Gasteiger partial charge in [-0.2, -0.15) is 0 Å². The van der Waals surface area contributed by atoms with Crippen LogP contribution >= 0.6 is 0 Å². The Hall–Kier alpha value is -1.40. The van der Waals surface area contributed by atoms with Gasteiger partial charge >= 0.3 is 6.09 Å². The van der Waals surface area contributed by atoms with Gasteiger partial charge in [0.15, 0.2) is 0 Å². The largest absolute Gasteiger partial charge is 0.444 e. The van der Waals surface area contributed by atoms with Crippen LogP contribution in [0.3, 0.4) is 0 Å². The Bertz CT molecular complexity index is 422. The minimum atomic E-state index is -3.29. The summed E-state index contributed by atoms with van der Waals surface area (Å²) >= 11 is 0. The van der Waals surface area contributed by atoms with Gasteiger partial charge in [0.1, 0.15) is 16.6 Å². The summed E-state index contributed by atoms with van der Waals surface area (Å²) in [5, 5.41) is 2.17. The standard InChI is InChI=1S/C11H16F2N2O3/c1-8(2,3)18-7(17)15-10-4-9(5-10,6(14)16)11(10,12)13/h4-5H2,1-3H3,(H2,14,16)(H,15,17). The third-order valence-electron chi connectivity index (χ3n) is 3.62. The Labute approximate surface area is 103 Å². The molecule has 0 spiro atoms. The van der Waals surface area contributed by atoms with Crippen LogP contribution in [-0.4, -0.2) is 29.1 Å². The van der Waals surface area contributed by atoms with Gasteiger partial charge in [-0.05, 0) is 33.6 Å². The summed E-state index contributed by atoms with van der Waals surface area (Å²) in [7, 11) is 0. The first kappa shape index (κ1) is 13.0. The summed E-state index contributed by atoms with van der Waals surface area (Å²) in [4.78, 5) is 22.5. The van der Waals surface area contributed by atoms with Crippen molar-refractivity contribution in [2.45, 2.75) is 50.7 Å². The summed E-state index contributed by atoms with van der Waals surface area (Å²) in [5.41, 5.74) is 0.776. The molecular weight excluding hydrogens is 246 g/mol. The second kappa shape index (κ2) is 3.13. The van der Waals surface area contributed by atoms with Crippen LogP contribution in [0.5, 0.6) is 0 Å². The van der Waals surface area contributed by atoms with Crippen molar-refractivity contribution in [3.05, 3.63) is 0 Å². The fourth-order valence-corrected chi connectivity index (χ4v) is 2.66. The van der Waals surface area contributed by atoms with Gasteiger partial charge in [0, 0.05) is 0 Å². The fourth-order valence-electron chi connectivity index (χ4n) is 2.66. The number of hydrogen-bond acceptors (Lipinski definition) is 3. The van der Waals surface area contributed by atoms with E-state index in [0.29, 0.717) is 0 Å². The van der Waals surface area contributed by atoms with Crippen LogP contribution in [0.1, 0.15) is 33.6 Å². The van der Waals surface area contributed by atoms with E-state index in [1.54, 1.807) is 20.8 Å². The first-order valence-electron chi connectivity index (χ1n) is 5.65. The molecule has 0 aromatic carbocycles. The molecule has 0 saturated heterocycles. The van der Waals surface area contributed by atoms with Crippen LogP contribution in [0.4, 0.5) is 13.6 Å². The Morgan fingerprint density at radius 3 is 2.11 bits per heavy atom. The molecule has 0 atom stereocenters. The molecular formula is C11H16F2N2O3. The molecule has 3 saturated carbocycles. The van der Waals surface area contributed by atoms with Crippen molar-refractivity contribution in [3.8, 4) is 0 Å². The highest BCUT2D eigenvalue weighted by Crippen LogP contribution is 2.76. The third-order valence-corrected chi connectivity index (χ3v) is 3.62. The van der Waals surface area contributed by atoms with E-state index in [9.17, 15) is 18.4 Å². The summed E-state index contributed by atoms with van der Waals surface area (Å²) in [6.07, 6.45) is -1.15. The van der Waals surface area contributed by atoms with Gasteiger partial charge in [-0.15, -0.1) is 0 Å². The highest BCUT2D eigenvalue weighted by molar-refractivity contribution is 5.89. The predicted octanol–water partition coefficient (Wildman–Crippen LogP) is 1.16. The first-order valence-corrected chi connectivity index (χ1v) is 5.65. The third kappa shape index (κ3) is 1.36. The number of alkyl halides is 2. The maximum atomic E-state index is 13.8. The van der Waals surface area contributed by atoms with Crippen molar-refractivity contribution in [2.24, 2.45) is 11.1 Å². The van der Waals surface area contributed by atoms with E-state index in [1.807, 2.05) is 0 Å². The fraction of sp³-hybridized carbons (Fsp3) is 0.818. The molecule has 0 heterocycles. The maximum absolute atomic E-state index is 13.8. The molecule has 3 aliphatic rings. The van der Waals surface area contributed by atoms with E-state index in [0.717, 1.165) is 0 Å². The van der Waals surface area contributed by atoms with Crippen molar-refractivity contribution in [1.29, 1.82) is 0 Å². The summed E-state index contributed by atoms with van der Waals surface area (Å²) in [6.45, 7) is 4.91. The smallest absolute Gasteiger partial charge is 0.408 e. The molecule has 0 aromatic heterocycles. The highest BCUT2D eigenvalue weighted by atomic mass is 19.3. The Balaban J connectivity index is 2.03. The van der Waals surface area contributed by atoms with Crippen molar-refractivity contribution in [2.75, 3.05) is 0 Å². The van der Waals surface area contributed by atoms with Crippen molar-refractivity contribution < 1.29 is 23.1 Å². The van der Waals surface area contributed by atoms with E-state index in [4.69, 9.17) is 10.5 Å². The molecule has 3 fully saturated rings. The summed E-state index contributed by atoms with van der Waals surface area (Å²) in [6, 6.07) is 0. The number of alkyl carbamates (subject to hydrolysis) is 1. The molecule has 0 aromatic rings. The molecule has 2 bridgehead atoms. The molecule has 3 aliphatic carbocycles. The lowest BCUT2D eigenvalue weighted by Gasteiger charge is -2.72. The van der Waals surface area contributed by atoms with E-state index in [1.165, 1.54) is 0 Å². The van der Waals surface area contributed by atoms with Gasteiger partial charge < -0.3 is 15.8 Å². The van der Waals surface area contributed by atoms with Crippen LogP contribution in [-0.2, 0) is 9.53 Å². The van der Waals surface area contributed by atoms with Crippen LogP contribution in [0.15, 0.2) is 0 Å². The van der Waals surface area contributed by atoms with Gasteiger partial charge in [-0.1, -0.05) is 0 Å². The van der Waals surface area contributed by atoms with Gasteiger partial charge in [-0.25, -0.2) is 13.6 Å². The average Bonchev–Trinajstić information content (AvgIpc) is 2.07. The minimum Gasteiger partial charge on any atom is -0.444 e. The number of primary amides is 1. The molecule has 0 radical (unpaired) electrons. The molecule has 102 valence electrons. The molecule has 0 unspecified atom stereocenters. The number of nitrogens with two attached hydrogens (primary N) is 1. The minimum absolute atomic E-state index is 0.123. The van der Waals surface area contributed by atoms with Crippen LogP contribution in [0.2, 0.25) is 0 Å². The SMILES string of the molecule is CC(C)(C)OC(=O)NC12CC(C(N)=O)(C1)C2(F)F. The van der Waals surface area contributed by atoms with Gasteiger partial charge in [-0.3, -0.25) is 4.79 Å². The number of carbonyl (C=O) groups is 2. The lowest BCUT2D eigenvalue weighted by Crippen LogP contribution is -2.91. The topological polar surface area (TPSA) is 81.4 Å². The molecule has 2 amide bonds. The van der Waals surface area contributed by atoms with E-state index in [-0.39, 0.29) is 12.8 Å². The maximum Gasteiger partial charge on any atom is 0.408 e. The van der Waals surface area contributed by atoms with E-state index in [2.05, 4.69) is 5.32 Å². The molecule has 0 aliphatic heterocycles. The average molecular weight is 262 g/mol. The normalized spacial score (nSPS) is 36.1. The lowest BCUT2D eigenvalue weighted by molar-refractivity contribution is -0.350. The number of rotatable bonds is 2. The number of halogens is 2. The van der Waals surface area contributed by atoms with E-state index >= 15 is 0 Å². The molecule has 5 nitrogen and oxygen atoms in total. The van der Waals surface area contributed by atoms with Crippen LogP contribution in [0.25, 0.3) is 0 Å². The summed E-state index contributed by atoms with van der Waals surface area (Å²) in [5.74, 6) is -4.30. The van der Waals surface area contributed by atoms with Crippen LogP contribution in [0, 0.1) is 5.41 Å². The van der Waals surface area contributed by atoms with Crippen molar-refractivity contribution in [3.63, 3.8) is 0 Å².